The molecule has 2 aromatic carbocycles. The molecule has 0 saturated heterocycles. The first kappa shape index (κ1) is 13.8. The standard InChI is InChI=1S/C16H14N4O2/c21-14-9-5-4-8-13(14)11-17-20-15(18-19-16(20)22)10-12-6-2-1-3-7-12/h1-9,11,21H,10H2,(H,19,22)/b17-11-. The van der Waals surface area contributed by atoms with Crippen LogP contribution >= 0.6 is 0 Å². The zero-order valence-corrected chi connectivity index (χ0v) is 11.7. The molecule has 0 aliphatic rings. The molecule has 1 heterocycles. The summed E-state index contributed by atoms with van der Waals surface area (Å²) in [5, 5.41) is 20.2. The maximum Gasteiger partial charge on any atom is 0.364 e. The highest BCUT2D eigenvalue weighted by molar-refractivity contribution is 5.83. The molecular formula is C16H14N4O2. The molecule has 0 spiro atoms. The van der Waals surface area contributed by atoms with Crippen LogP contribution in [0.2, 0.25) is 0 Å². The molecule has 22 heavy (non-hydrogen) atoms. The Bertz CT molecular complexity index is 850. The Morgan fingerprint density at radius 2 is 1.86 bits per heavy atom. The number of nitrogens with one attached hydrogen (secondary N) is 1. The minimum absolute atomic E-state index is 0.104. The van der Waals surface area contributed by atoms with Crippen LogP contribution in [0.15, 0.2) is 64.5 Å². The molecule has 0 bridgehead atoms. The van der Waals surface area contributed by atoms with Gasteiger partial charge >= 0.3 is 5.69 Å². The fourth-order valence-electron chi connectivity index (χ4n) is 2.05. The van der Waals surface area contributed by atoms with Crippen molar-refractivity contribution in [2.45, 2.75) is 6.42 Å². The first-order valence-electron chi connectivity index (χ1n) is 6.76. The summed E-state index contributed by atoms with van der Waals surface area (Å²) in [5.41, 5.74) is 1.14. The van der Waals surface area contributed by atoms with Gasteiger partial charge in [0.1, 0.15) is 5.75 Å². The Balaban J connectivity index is 1.90. The number of rotatable bonds is 4. The smallest absolute Gasteiger partial charge is 0.364 e. The SMILES string of the molecule is O=c1[nH]nc(Cc2ccccc2)n1/N=C\c1ccccc1O. The first-order chi connectivity index (χ1) is 10.7. The molecule has 0 radical (unpaired) electrons. The monoisotopic (exact) mass is 294 g/mol. The van der Waals surface area contributed by atoms with E-state index in [1.165, 1.54) is 10.9 Å². The van der Waals surface area contributed by atoms with E-state index < -0.39 is 5.69 Å². The van der Waals surface area contributed by atoms with Crippen molar-refractivity contribution in [3.05, 3.63) is 82.0 Å². The maximum atomic E-state index is 11.8. The van der Waals surface area contributed by atoms with Crippen LogP contribution in [0.3, 0.4) is 0 Å². The van der Waals surface area contributed by atoms with E-state index in [4.69, 9.17) is 0 Å². The second kappa shape index (κ2) is 6.09. The van der Waals surface area contributed by atoms with Gasteiger partial charge in [0.15, 0.2) is 5.82 Å². The van der Waals surface area contributed by atoms with Crippen LogP contribution in [0.5, 0.6) is 5.75 Å². The van der Waals surface area contributed by atoms with E-state index in [0.717, 1.165) is 5.56 Å². The van der Waals surface area contributed by atoms with Gasteiger partial charge in [0.05, 0.1) is 6.21 Å². The number of hydrogen-bond donors (Lipinski definition) is 2. The van der Waals surface area contributed by atoms with Crippen molar-refractivity contribution >= 4 is 6.21 Å². The van der Waals surface area contributed by atoms with Crippen molar-refractivity contribution in [1.29, 1.82) is 0 Å². The lowest BCUT2D eigenvalue weighted by Gasteiger charge is -2.01. The molecule has 0 aliphatic carbocycles. The number of nitrogens with zero attached hydrogens (tertiary/aromatic N) is 3. The number of hydrogen-bond acceptors (Lipinski definition) is 4. The molecule has 0 atom stereocenters. The van der Waals surface area contributed by atoms with Gasteiger partial charge in [0.2, 0.25) is 0 Å². The van der Waals surface area contributed by atoms with E-state index in [2.05, 4.69) is 15.3 Å². The highest BCUT2D eigenvalue weighted by Gasteiger charge is 2.08. The van der Waals surface area contributed by atoms with E-state index in [9.17, 15) is 9.90 Å². The Kier molecular flexibility index (Phi) is 3.82. The van der Waals surface area contributed by atoms with Gasteiger partial charge in [-0.3, -0.25) is 0 Å². The van der Waals surface area contributed by atoms with E-state index in [1.807, 2.05) is 30.3 Å². The average molecular weight is 294 g/mol. The predicted molar refractivity (Wildman–Crippen MR) is 83.2 cm³/mol. The molecule has 110 valence electrons. The Labute approximate surface area is 126 Å². The number of phenolic OH excluding ortho intramolecular Hbond substituents is 1. The maximum absolute atomic E-state index is 11.8. The molecular weight excluding hydrogens is 280 g/mol. The van der Waals surface area contributed by atoms with E-state index >= 15 is 0 Å². The third kappa shape index (κ3) is 2.95. The molecule has 0 fully saturated rings. The summed E-state index contributed by atoms with van der Waals surface area (Å²) < 4.78 is 1.19. The molecule has 0 aliphatic heterocycles. The number of aromatic amines is 1. The summed E-state index contributed by atoms with van der Waals surface area (Å²) in [6, 6.07) is 16.5. The minimum atomic E-state index is -0.419. The largest absolute Gasteiger partial charge is 0.507 e. The second-order valence-electron chi connectivity index (χ2n) is 4.72. The number of benzene rings is 2. The molecule has 6 nitrogen and oxygen atoms in total. The fraction of sp³-hybridized carbons (Fsp3) is 0.0625. The quantitative estimate of drug-likeness (QED) is 0.719. The number of aromatic hydroxyl groups is 1. The highest BCUT2D eigenvalue weighted by atomic mass is 16.3. The highest BCUT2D eigenvalue weighted by Crippen LogP contribution is 2.13. The molecule has 0 amide bonds. The number of H-pyrrole nitrogens is 1. The van der Waals surface area contributed by atoms with Crippen LogP contribution in [-0.2, 0) is 6.42 Å². The summed E-state index contributed by atoms with van der Waals surface area (Å²) in [6.07, 6.45) is 1.92. The predicted octanol–water partition coefficient (Wildman–Crippen LogP) is 1.75. The normalized spacial score (nSPS) is 11.1. The Hall–Kier alpha value is -3.15. The van der Waals surface area contributed by atoms with Gasteiger partial charge in [0, 0.05) is 12.0 Å². The zero-order chi connectivity index (χ0) is 15.4. The van der Waals surface area contributed by atoms with Crippen molar-refractivity contribution in [3.8, 4) is 5.75 Å². The number of para-hydroxylation sites is 1. The summed E-state index contributed by atoms with van der Waals surface area (Å²) >= 11 is 0. The van der Waals surface area contributed by atoms with Crippen LogP contribution in [-0.4, -0.2) is 26.2 Å². The topological polar surface area (TPSA) is 83.3 Å². The third-order valence-electron chi connectivity index (χ3n) is 3.17. The summed E-state index contributed by atoms with van der Waals surface area (Å²) in [5.74, 6) is 0.607. The van der Waals surface area contributed by atoms with Gasteiger partial charge in [-0.15, -0.1) is 0 Å². The third-order valence-corrected chi connectivity index (χ3v) is 3.17. The van der Waals surface area contributed by atoms with E-state index in [1.54, 1.807) is 24.3 Å². The van der Waals surface area contributed by atoms with Crippen molar-refractivity contribution < 1.29 is 5.11 Å². The lowest BCUT2D eigenvalue weighted by atomic mass is 10.1. The van der Waals surface area contributed by atoms with Crippen LogP contribution in [0.4, 0.5) is 0 Å². The van der Waals surface area contributed by atoms with E-state index in [-0.39, 0.29) is 5.75 Å². The molecule has 0 unspecified atom stereocenters. The van der Waals surface area contributed by atoms with Gasteiger partial charge < -0.3 is 5.11 Å². The molecule has 1 aromatic heterocycles. The fourth-order valence-corrected chi connectivity index (χ4v) is 2.05. The van der Waals surface area contributed by atoms with Crippen LogP contribution in [0, 0.1) is 0 Å². The van der Waals surface area contributed by atoms with Crippen molar-refractivity contribution in [1.82, 2.24) is 14.9 Å². The van der Waals surface area contributed by atoms with Gasteiger partial charge in [-0.25, -0.2) is 9.89 Å². The van der Waals surface area contributed by atoms with Crippen LogP contribution < -0.4 is 5.69 Å². The Morgan fingerprint density at radius 3 is 2.64 bits per heavy atom. The minimum Gasteiger partial charge on any atom is -0.507 e. The molecule has 3 aromatic rings. The first-order valence-corrected chi connectivity index (χ1v) is 6.76. The molecule has 6 heteroatoms. The van der Waals surface area contributed by atoms with E-state index in [0.29, 0.717) is 17.8 Å². The van der Waals surface area contributed by atoms with Crippen molar-refractivity contribution in [2.75, 3.05) is 0 Å². The lowest BCUT2D eigenvalue weighted by Crippen LogP contribution is -2.15. The second-order valence-corrected chi connectivity index (χ2v) is 4.72. The van der Waals surface area contributed by atoms with Gasteiger partial charge in [-0.05, 0) is 17.7 Å². The van der Waals surface area contributed by atoms with Crippen molar-refractivity contribution in [3.63, 3.8) is 0 Å². The zero-order valence-electron chi connectivity index (χ0n) is 11.7. The average Bonchev–Trinajstić information content (AvgIpc) is 2.88. The molecule has 2 N–H and O–H groups in total. The van der Waals surface area contributed by atoms with Crippen LogP contribution in [0.25, 0.3) is 0 Å². The summed E-state index contributed by atoms with van der Waals surface area (Å²) in [7, 11) is 0. The van der Waals surface area contributed by atoms with Gasteiger partial charge in [-0.2, -0.15) is 14.9 Å². The summed E-state index contributed by atoms with van der Waals surface area (Å²) in [6.45, 7) is 0. The number of aromatic nitrogens is 3. The Morgan fingerprint density at radius 1 is 1.14 bits per heavy atom. The molecule has 0 saturated carbocycles. The van der Waals surface area contributed by atoms with Gasteiger partial charge in [0.25, 0.3) is 0 Å². The van der Waals surface area contributed by atoms with Crippen LogP contribution in [0.1, 0.15) is 17.0 Å². The molecule has 3 rings (SSSR count). The summed E-state index contributed by atoms with van der Waals surface area (Å²) in [4.78, 5) is 11.8. The number of phenols is 1. The lowest BCUT2D eigenvalue weighted by molar-refractivity contribution is 0.474. The van der Waals surface area contributed by atoms with Gasteiger partial charge in [-0.1, -0.05) is 42.5 Å². The van der Waals surface area contributed by atoms with Crippen molar-refractivity contribution in [2.24, 2.45) is 5.10 Å².